The van der Waals surface area contributed by atoms with Gasteiger partial charge in [-0.2, -0.15) is 0 Å². The summed E-state index contributed by atoms with van der Waals surface area (Å²) < 4.78 is 0. The zero-order valence-electron chi connectivity index (χ0n) is 28.6. The number of aromatic nitrogens is 1. The number of aliphatic carboxylic acids is 1. The molecule has 1 fully saturated rings. The Balaban J connectivity index is 1.24. The van der Waals surface area contributed by atoms with E-state index in [2.05, 4.69) is 20.9 Å². The molecular formula is C41H41N5O6. The van der Waals surface area contributed by atoms with E-state index in [1.165, 1.54) is 4.90 Å². The Kier molecular flexibility index (Phi) is 11.5. The lowest BCUT2D eigenvalue weighted by Gasteiger charge is -2.36. The van der Waals surface area contributed by atoms with Crippen LogP contribution in [0.1, 0.15) is 47.9 Å². The van der Waals surface area contributed by atoms with Crippen LogP contribution >= 0.6 is 0 Å². The minimum Gasteiger partial charge on any atom is -0.481 e. The highest BCUT2D eigenvalue weighted by Gasteiger charge is 2.46. The molecule has 0 bridgehead atoms. The van der Waals surface area contributed by atoms with Crippen LogP contribution in [0, 0.1) is 0 Å². The van der Waals surface area contributed by atoms with Crippen LogP contribution in [0.4, 0.5) is 0 Å². The monoisotopic (exact) mass is 699 g/mol. The van der Waals surface area contributed by atoms with Crippen molar-refractivity contribution in [2.24, 2.45) is 0 Å². The molecule has 4 aromatic rings. The molecule has 11 heteroatoms. The van der Waals surface area contributed by atoms with E-state index in [9.17, 15) is 29.1 Å². The van der Waals surface area contributed by atoms with Gasteiger partial charge in [-0.1, -0.05) is 97.1 Å². The van der Waals surface area contributed by atoms with Crippen LogP contribution in [0.3, 0.4) is 0 Å². The number of pyridine rings is 1. The fourth-order valence-corrected chi connectivity index (χ4v) is 7.00. The number of amides is 4. The molecule has 266 valence electrons. The van der Waals surface area contributed by atoms with Crippen molar-refractivity contribution < 1.29 is 29.1 Å². The molecule has 4 amide bonds. The molecule has 0 radical (unpaired) electrons. The summed E-state index contributed by atoms with van der Waals surface area (Å²) in [4.78, 5) is 72.9. The summed E-state index contributed by atoms with van der Waals surface area (Å²) in [6, 6.07) is 28.0. The molecule has 0 saturated carbocycles. The highest BCUT2D eigenvalue weighted by molar-refractivity contribution is 5.99. The summed E-state index contributed by atoms with van der Waals surface area (Å²) in [7, 11) is 0. The third kappa shape index (κ3) is 8.97. The van der Waals surface area contributed by atoms with E-state index in [1.807, 2.05) is 91.0 Å². The van der Waals surface area contributed by atoms with Crippen molar-refractivity contribution in [3.05, 3.63) is 143 Å². The average molecular weight is 700 g/mol. The lowest BCUT2D eigenvalue weighted by atomic mass is 9.91. The van der Waals surface area contributed by atoms with Crippen molar-refractivity contribution in [1.82, 2.24) is 25.8 Å². The van der Waals surface area contributed by atoms with Crippen LogP contribution in [0.5, 0.6) is 0 Å². The number of carbonyl (C=O) groups is 5. The Morgan fingerprint density at radius 3 is 2.12 bits per heavy atom. The van der Waals surface area contributed by atoms with Crippen LogP contribution in [-0.2, 0) is 43.2 Å². The van der Waals surface area contributed by atoms with Crippen LogP contribution in [0.2, 0.25) is 0 Å². The third-order valence-electron chi connectivity index (χ3n) is 9.40. The van der Waals surface area contributed by atoms with Crippen molar-refractivity contribution >= 4 is 35.2 Å². The van der Waals surface area contributed by atoms with Gasteiger partial charge in [-0.25, -0.2) is 0 Å². The van der Waals surface area contributed by atoms with Crippen molar-refractivity contribution in [3.63, 3.8) is 0 Å². The second-order valence-electron chi connectivity index (χ2n) is 13.2. The number of benzene rings is 3. The van der Waals surface area contributed by atoms with Gasteiger partial charge in [0.15, 0.2) is 0 Å². The smallest absolute Gasteiger partial charge is 0.305 e. The van der Waals surface area contributed by atoms with Gasteiger partial charge in [-0.05, 0) is 53.2 Å². The fourth-order valence-electron chi connectivity index (χ4n) is 7.00. The molecular weight excluding hydrogens is 658 g/mol. The summed E-state index contributed by atoms with van der Waals surface area (Å²) in [6.07, 6.45) is 4.43. The topological polar surface area (TPSA) is 158 Å². The fraction of sp³-hybridized carbons (Fsp3) is 0.268. The number of carboxylic acid groups (broad SMARTS) is 1. The number of rotatable bonds is 14. The van der Waals surface area contributed by atoms with Crippen molar-refractivity contribution in [1.29, 1.82) is 0 Å². The number of allylic oxidation sites excluding steroid dienone is 1. The highest BCUT2D eigenvalue weighted by Crippen LogP contribution is 2.40. The van der Waals surface area contributed by atoms with Crippen molar-refractivity contribution in [2.75, 3.05) is 0 Å². The molecule has 3 heterocycles. The first-order valence-electron chi connectivity index (χ1n) is 17.4. The normalized spacial score (nSPS) is 17.8. The minimum absolute atomic E-state index is 0.0906. The highest BCUT2D eigenvalue weighted by atomic mass is 16.4. The Hall–Kier alpha value is -6.10. The SMILES string of the molecule is O=C(O)C[C@H](Cc1ccccc1)NC(=O)[C@H](Cc1cccnc1)NC(=O)[C@@H]1CCC2=C(c3ccccc3)C[C@H](NC(=O)Cc3ccccc3)C(=O)N21. The molecule has 4 atom stereocenters. The Morgan fingerprint density at radius 1 is 0.808 bits per heavy atom. The van der Waals surface area contributed by atoms with E-state index in [0.717, 1.165) is 28.0 Å². The molecule has 0 spiro atoms. The second-order valence-corrected chi connectivity index (χ2v) is 13.2. The first-order valence-corrected chi connectivity index (χ1v) is 17.4. The summed E-state index contributed by atoms with van der Waals surface area (Å²) >= 11 is 0. The maximum Gasteiger partial charge on any atom is 0.305 e. The Morgan fingerprint density at radius 2 is 1.46 bits per heavy atom. The van der Waals surface area contributed by atoms with E-state index < -0.39 is 42.0 Å². The van der Waals surface area contributed by atoms with E-state index in [-0.39, 0.29) is 43.9 Å². The van der Waals surface area contributed by atoms with E-state index in [0.29, 0.717) is 18.4 Å². The van der Waals surface area contributed by atoms with Crippen LogP contribution in [-0.4, -0.2) is 68.8 Å². The molecule has 2 aliphatic rings. The zero-order chi connectivity index (χ0) is 36.5. The summed E-state index contributed by atoms with van der Waals surface area (Å²) in [5.41, 5.74) is 4.86. The van der Waals surface area contributed by atoms with Gasteiger partial charge in [-0.3, -0.25) is 29.0 Å². The van der Waals surface area contributed by atoms with Crippen LogP contribution in [0.25, 0.3) is 5.57 Å². The molecule has 6 rings (SSSR count). The standard InChI is InChI=1S/C41H41N5O6/c47-37(23-28-13-6-2-7-14-28)44-34-25-32(30-16-8-3-9-17-30)35-18-19-36(46(35)41(34)52)40(51)45-33(22-29-15-10-20-42-26-29)39(50)43-31(24-38(48)49)21-27-11-4-1-5-12-27/h1-17,20,26,31,33-34,36H,18-19,21-25H2,(H,43,50)(H,44,47)(H,45,51)(H,48,49)/t31-,33-,34-,36-/m0/s1. The van der Waals surface area contributed by atoms with E-state index >= 15 is 0 Å². The minimum atomic E-state index is -1.09. The molecule has 11 nitrogen and oxygen atoms in total. The number of fused-ring (bicyclic) bond motifs is 1. The average Bonchev–Trinajstić information content (AvgIpc) is 3.60. The number of carboxylic acids is 1. The number of carbonyl (C=O) groups excluding carboxylic acids is 4. The molecule has 4 N–H and O–H groups in total. The Labute approximate surface area is 302 Å². The molecule has 0 aliphatic carbocycles. The molecule has 0 unspecified atom stereocenters. The van der Waals surface area contributed by atoms with Gasteiger partial charge in [-0.15, -0.1) is 0 Å². The van der Waals surface area contributed by atoms with Gasteiger partial charge in [0.25, 0.3) is 0 Å². The summed E-state index contributed by atoms with van der Waals surface area (Å²) in [5.74, 6) is -2.82. The predicted octanol–water partition coefficient (Wildman–Crippen LogP) is 3.84. The van der Waals surface area contributed by atoms with Crippen molar-refractivity contribution in [2.45, 2.75) is 69.1 Å². The lowest BCUT2D eigenvalue weighted by Crippen LogP contribution is -2.58. The number of nitrogens with one attached hydrogen (secondary N) is 3. The molecule has 1 saturated heterocycles. The van der Waals surface area contributed by atoms with E-state index in [1.54, 1.807) is 24.5 Å². The molecule has 1 aromatic heterocycles. The van der Waals surface area contributed by atoms with Gasteiger partial charge in [0.2, 0.25) is 23.6 Å². The number of hydrogen-bond acceptors (Lipinski definition) is 6. The first-order chi connectivity index (χ1) is 25.2. The van der Waals surface area contributed by atoms with E-state index in [4.69, 9.17) is 0 Å². The van der Waals surface area contributed by atoms with Crippen LogP contribution < -0.4 is 16.0 Å². The van der Waals surface area contributed by atoms with Crippen LogP contribution in [0.15, 0.2) is 121 Å². The maximum atomic E-state index is 14.2. The van der Waals surface area contributed by atoms with Gasteiger partial charge < -0.3 is 26.0 Å². The first kappa shape index (κ1) is 35.7. The lowest BCUT2D eigenvalue weighted by molar-refractivity contribution is -0.141. The van der Waals surface area contributed by atoms with Gasteiger partial charge in [0.05, 0.1) is 12.8 Å². The van der Waals surface area contributed by atoms with Crippen molar-refractivity contribution in [3.8, 4) is 0 Å². The molecule has 2 aliphatic heterocycles. The summed E-state index contributed by atoms with van der Waals surface area (Å²) in [6.45, 7) is 0. The molecule has 3 aromatic carbocycles. The molecule has 52 heavy (non-hydrogen) atoms. The number of hydrogen-bond donors (Lipinski definition) is 4. The number of nitrogens with zero attached hydrogens (tertiary/aromatic N) is 2. The third-order valence-corrected chi connectivity index (χ3v) is 9.40. The van der Waals surface area contributed by atoms with Gasteiger partial charge >= 0.3 is 5.97 Å². The quantitative estimate of drug-likeness (QED) is 0.156. The predicted molar refractivity (Wildman–Crippen MR) is 194 cm³/mol. The van der Waals surface area contributed by atoms with Gasteiger partial charge in [0.1, 0.15) is 18.1 Å². The Bertz CT molecular complexity index is 1920. The zero-order valence-corrected chi connectivity index (χ0v) is 28.6. The largest absolute Gasteiger partial charge is 0.481 e. The van der Waals surface area contributed by atoms with Gasteiger partial charge in [0, 0.05) is 37.0 Å². The summed E-state index contributed by atoms with van der Waals surface area (Å²) in [5, 5.41) is 18.3. The maximum absolute atomic E-state index is 14.2. The second kappa shape index (κ2) is 16.7.